The van der Waals surface area contributed by atoms with Crippen molar-refractivity contribution in [1.29, 1.82) is 0 Å². The fourth-order valence-corrected chi connectivity index (χ4v) is 5.30. The van der Waals surface area contributed by atoms with E-state index in [0.717, 1.165) is 40.0 Å². The summed E-state index contributed by atoms with van der Waals surface area (Å²) in [5, 5.41) is 6.79. The molecule has 2 saturated heterocycles. The van der Waals surface area contributed by atoms with Crippen LogP contribution in [0.2, 0.25) is 0 Å². The first-order valence-electron chi connectivity index (χ1n) is 10.9. The number of fused-ring (bicyclic) bond motifs is 2. The molecule has 32 heavy (non-hydrogen) atoms. The van der Waals surface area contributed by atoms with Gasteiger partial charge in [-0.15, -0.1) is 0 Å². The minimum Gasteiger partial charge on any atom is -0.376 e. The normalized spacial score (nSPS) is 27.6. The third kappa shape index (κ3) is 4.61. The molecule has 2 bridgehead atoms. The van der Waals surface area contributed by atoms with Gasteiger partial charge in [-0.3, -0.25) is 0 Å². The van der Waals surface area contributed by atoms with Gasteiger partial charge in [-0.2, -0.15) is 18.2 Å². The molecule has 2 aliphatic heterocycles. The Hall–Kier alpha value is -1.82. The fourth-order valence-electron chi connectivity index (χ4n) is 4.91. The molecule has 1 aromatic carbocycles. The summed E-state index contributed by atoms with van der Waals surface area (Å²) in [7, 11) is 0. The van der Waals surface area contributed by atoms with Crippen LogP contribution in [0.5, 0.6) is 0 Å². The molecular formula is C22H25F3IN5O. The Kier molecular flexibility index (Phi) is 5.85. The van der Waals surface area contributed by atoms with Crippen LogP contribution in [0, 0.1) is 9.49 Å². The first kappa shape index (κ1) is 22.0. The number of nitrogens with zero attached hydrogens (tertiary/aromatic N) is 3. The van der Waals surface area contributed by atoms with Crippen molar-refractivity contribution < 1.29 is 17.9 Å². The summed E-state index contributed by atoms with van der Waals surface area (Å²) in [4.78, 5) is 10.9. The van der Waals surface area contributed by atoms with E-state index in [1.807, 2.05) is 29.2 Å². The Morgan fingerprint density at radius 2 is 2.00 bits per heavy atom. The van der Waals surface area contributed by atoms with Crippen molar-refractivity contribution in [2.45, 2.75) is 49.9 Å². The highest BCUT2D eigenvalue weighted by atomic mass is 127. The van der Waals surface area contributed by atoms with E-state index >= 15 is 0 Å². The lowest BCUT2D eigenvalue weighted by atomic mass is 9.97. The van der Waals surface area contributed by atoms with Gasteiger partial charge >= 0.3 is 6.18 Å². The third-order valence-electron chi connectivity index (χ3n) is 6.66. The molecular weight excluding hydrogens is 534 g/mol. The fraction of sp³-hybridized carbons (Fsp3) is 0.545. The maximum Gasteiger partial charge on any atom is 0.393 e. The molecule has 5 rings (SSSR count). The number of hydrogen-bond acceptors (Lipinski definition) is 6. The van der Waals surface area contributed by atoms with Crippen LogP contribution in [0.25, 0.3) is 0 Å². The molecule has 1 saturated carbocycles. The van der Waals surface area contributed by atoms with E-state index in [0.29, 0.717) is 31.6 Å². The van der Waals surface area contributed by atoms with Gasteiger partial charge in [-0.1, -0.05) is 0 Å². The van der Waals surface area contributed by atoms with E-state index < -0.39 is 12.1 Å². The van der Waals surface area contributed by atoms with Gasteiger partial charge in [0.2, 0.25) is 5.95 Å². The Morgan fingerprint density at radius 1 is 1.19 bits per heavy atom. The molecule has 6 nitrogen and oxygen atoms in total. The highest BCUT2D eigenvalue weighted by Gasteiger charge is 2.46. The summed E-state index contributed by atoms with van der Waals surface area (Å²) in [6.07, 6.45) is 1.89. The van der Waals surface area contributed by atoms with E-state index in [9.17, 15) is 13.2 Å². The summed E-state index contributed by atoms with van der Waals surface area (Å²) in [6, 6.07) is 7.40. The monoisotopic (exact) mass is 559 g/mol. The number of halogens is 4. The molecule has 1 unspecified atom stereocenters. The zero-order valence-corrected chi connectivity index (χ0v) is 19.6. The SMILES string of the molecule is FC(F)(F)C1CCCN(c2ccc(Nc3ncc(I)c(N[C@]45CC[C@H](C4)OC5)n3)cc2)C1. The van der Waals surface area contributed by atoms with E-state index in [4.69, 9.17) is 4.74 Å². The predicted molar refractivity (Wildman–Crippen MR) is 125 cm³/mol. The number of aromatic nitrogens is 2. The third-order valence-corrected chi connectivity index (χ3v) is 7.45. The topological polar surface area (TPSA) is 62.3 Å². The molecule has 0 amide bonds. The molecule has 2 aromatic rings. The van der Waals surface area contributed by atoms with Crippen molar-refractivity contribution in [2.75, 3.05) is 35.2 Å². The molecule has 3 heterocycles. The number of benzene rings is 1. The van der Waals surface area contributed by atoms with Crippen LogP contribution in [-0.4, -0.2) is 47.5 Å². The number of nitrogens with one attached hydrogen (secondary N) is 2. The highest BCUT2D eigenvalue weighted by molar-refractivity contribution is 14.1. The highest BCUT2D eigenvalue weighted by Crippen LogP contribution is 2.41. The Morgan fingerprint density at radius 3 is 2.66 bits per heavy atom. The van der Waals surface area contributed by atoms with Crippen molar-refractivity contribution in [1.82, 2.24) is 9.97 Å². The van der Waals surface area contributed by atoms with Gasteiger partial charge in [-0.25, -0.2) is 4.98 Å². The average molecular weight is 559 g/mol. The first-order valence-corrected chi connectivity index (χ1v) is 12.0. The van der Waals surface area contributed by atoms with Gasteiger partial charge < -0.3 is 20.3 Å². The Labute approximate surface area is 198 Å². The first-order chi connectivity index (χ1) is 15.3. The van der Waals surface area contributed by atoms with Crippen molar-refractivity contribution in [3.05, 3.63) is 34.0 Å². The van der Waals surface area contributed by atoms with Crippen LogP contribution in [-0.2, 0) is 4.74 Å². The zero-order chi connectivity index (χ0) is 22.3. The van der Waals surface area contributed by atoms with Gasteiger partial charge in [0.1, 0.15) is 5.82 Å². The summed E-state index contributed by atoms with van der Waals surface area (Å²) < 4.78 is 46.1. The van der Waals surface area contributed by atoms with Gasteiger partial charge in [0, 0.05) is 30.7 Å². The summed E-state index contributed by atoms with van der Waals surface area (Å²) >= 11 is 2.23. The van der Waals surface area contributed by atoms with E-state index in [1.54, 1.807) is 6.20 Å². The average Bonchev–Trinajstić information content (AvgIpc) is 3.37. The number of alkyl halides is 3. The minimum atomic E-state index is -4.14. The van der Waals surface area contributed by atoms with Crippen LogP contribution >= 0.6 is 22.6 Å². The Bertz CT molecular complexity index is 963. The second-order valence-electron chi connectivity index (χ2n) is 8.97. The number of ether oxygens (including phenoxy) is 1. The second kappa shape index (κ2) is 8.51. The standard InChI is InChI=1S/C22H25F3IN5O/c23-22(24,25)14-2-1-9-31(12-14)16-5-3-15(4-6-16)28-20-27-11-18(26)19(29-20)30-21-8-7-17(10-21)32-13-21/h3-6,11,14,17H,1-2,7-10,12-13H2,(H2,27,28,29,30)/t14?,17-,21-/m1/s1. The van der Waals surface area contributed by atoms with Crippen LogP contribution in [0.4, 0.5) is 36.3 Å². The van der Waals surface area contributed by atoms with E-state index in [1.165, 1.54) is 0 Å². The molecule has 2 N–H and O–H groups in total. The lowest BCUT2D eigenvalue weighted by Crippen LogP contribution is -2.41. The summed E-state index contributed by atoms with van der Waals surface area (Å²) in [5.41, 5.74) is 1.54. The van der Waals surface area contributed by atoms with Crippen molar-refractivity contribution >= 4 is 45.7 Å². The molecule has 3 fully saturated rings. The number of hydrogen-bond donors (Lipinski definition) is 2. The van der Waals surface area contributed by atoms with Crippen LogP contribution < -0.4 is 15.5 Å². The Balaban J connectivity index is 1.26. The lowest BCUT2D eigenvalue weighted by molar-refractivity contribution is -0.175. The molecule has 10 heteroatoms. The molecule has 3 aliphatic rings. The smallest absolute Gasteiger partial charge is 0.376 e. The minimum absolute atomic E-state index is 0.0118. The summed E-state index contributed by atoms with van der Waals surface area (Å²) in [6.45, 7) is 1.35. The van der Waals surface area contributed by atoms with Gasteiger partial charge in [0.05, 0.1) is 27.7 Å². The van der Waals surface area contributed by atoms with E-state index in [-0.39, 0.29) is 18.5 Å². The predicted octanol–water partition coefficient (Wildman–Crippen LogP) is 5.34. The van der Waals surface area contributed by atoms with E-state index in [2.05, 4.69) is 43.2 Å². The molecule has 1 aromatic heterocycles. The number of rotatable bonds is 5. The van der Waals surface area contributed by atoms with Crippen LogP contribution in [0.15, 0.2) is 30.5 Å². The zero-order valence-electron chi connectivity index (χ0n) is 17.5. The number of anilines is 4. The molecule has 172 valence electrons. The van der Waals surface area contributed by atoms with Crippen molar-refractivity contribution in [2.24, 2.45) is 5.92 Å². The van der Waals surface area contributed by atoms with Gasteiger partial charge in [-0.05, 0) is 79.0 Å². The lowest BCUT2D eigenvalue weighted by Gasteiger charge is -2.35. The maximum atomic E-state index is 13.1. The molecule has 3 atom stereocenters. The van der Waals surface area contributed by atoms with Crippen molar-refractivity contribution in [3.8, 4) is 0 Å². The summed E-state index contributed by atoms with van der Waals surface area (Å²) in [5.74, 6) is -0.00180. The number of piperidine rings is 1. The van der Waals surface area contributed by atoms with Gasteiger partial charge in [0.15, 0.2) is 0 Å². The van der Waals surface area contributed by atoms with Crippen molar-refractivity contribution in [3.63, 3.8) is 0 Å². The molecule has 0 radical (unpaired) electrons. The molecule has 0 spiro atoms. The quantitative estimate of drug-likeness (QED) is 0.483. The maximum absolute atomic E-state index is 13.1. The second-order valence-corrected chi connectivity index (χ2v) is 10.1. The van der Waals surface area contributed by atoms with Crippen LogP contribution in [0.3, 0.4) is 0 Å². The van der Waals surface area contributed by atoms with Gasteiger partial charge in [0.25, 0.3) is 0 Å². The van der Waals surface area contributed by atoms with Crippen LogP contribution in [0.1, 0.15) is 32.1 Å². The molecule has 1 aliphatic carbocycles. The largest absolute Gasteiger partial charge is 0.393 e.